The van der Waals surface area contributed by atoms with E-state index < -0.39 is 23.9 Å². The summed E-state index contributed by atoms with van der Waals surface area (Å²) >= 11 is 0. The van der Waals surface area contributed by atoms with Crippen molar-refractivity contribution < 1.29 is 47.6 Å². The van der Waals surface area contributed by atoms with E-state index in [4.69, 9.17) is 28.4 Å². The zero-order valence-corrected chi connectivity index (χ0v) is 29.3. The Kier molecular flexibility index (Phi) is 13.5. The monoisotopic (exact) mass is 710 g/mol. The highest BCUT2D eigenvalue weighted by Crippen LogP contribution is 2.24. The number of carbonyl (C=O) groups excluding carboxylic acids is 4. The molecule has 0 bridgehead atoms. The molecule has 4 aromatic carbocycles. The molecule has 0 fully saturated rings. The van der Waals surface area contributed by atoms with Crippen LogP contribution in [0, 0.1) is 23.7 Å². The van der Waals surface area contributed by atoms with E-state index in [1.54, 1.807) is 92.7 Å². The first kappa shape index (κ1) is 38.5. The Bertz CT molecular complexity index is 2170. The molecule has 0 saturated carbocycles. The zero-order valence-electron chi connectivity index (χ0n) is 29.3. The molecular formula is C43H34O10. The molecule has 266 valence electrons. The van der Waals surface area contributed by atoms with Gasteiger partial charge in [0.05, 0.1) is 0 Å². The van der Waals surface area contributed by atoms with E-state index in [-0.39, 0.29) is 47.4 Å². The average Bonchev–Trinajstić information content (AvgIpc) is 3.14. The molecule has 0 unspecified atom stereocenters. The van der Waals surface area contributed by atoms with Crippen LogP contribution in [-0.4, -0.2) is 37.5 Å². The van der Waals surface area contributed by atoms with E-state index in [9.17, 15) is 19.2 Å². The fourth-order valence-electron chi connectivity index (χ4n) is 3.91. The first-order valence-electron chi connectivity index (χ1n) is 15.9. The molecule has 0 radical (unpaired) electrons. The van der Waals surface area contributed by atoms with Crippen LogP contribution in [0.3, 0.4) is 0 Å². The predicted octanol–water partition coefficient (Wildman–Crippen LogP) is 7.10. The summed E-state index contributed by atoms with van der Waals surface area (Å²) in [6, 6.07) is 24.8. The lowest BCUT2D eigenvalue weighted by atomic mass is 10.1. The summed E-state index contributed by atoms with van der Waals surface area (Å²) < 4.78 is 31.7. The van der Waals surface area contributed by atoms with Crippen molar-refractivity contribution in [3.05, 3.63) is 155 Å². The van der Waals surface area contributed by atoms with E-state index in [1.165, 1.54) is 19.1 Å². The second-order valence-electron chi connectivity index (χ2n) is 11.3. The van der Waals surface area contributed by atoms with E-state index in [0.717, 1.165) is 5.56 Å². The van der Waals surface area contributed by atoms with Crippen LogP contribution in [0.15, 0.2) is 127 Å². The lowest BCUT2D eigenvalue weighted by Gasteiger charge is -2.11. The molecule has 0 atom stereocenters. The second kappa shape index (κ2) is 18.6. The Balaban J connectivity index is 1.40. The van der Waals surface area contributed by atoms with E-state index in [1.807, 2.05) is 0 Å². The average molecular weight is 711 g/mol. The Morgan fingerprint density at radius 3 is 1.28 bits per heavy atom. The molecule has 10 nitrogen and oxygen atoms in total. The van der Waals surface area contributed by atoms with Crippen LogP contribution < -0.4 is 18.9 Å². The van der Waals surface area contributed by atoms with Gasteiger partial charge in [-0.2, -0.15) is 0 Å². The summed E-state index contributed by atoms with van der Waals surface area (Å²) in [5.41, 5.74) is 3.20. The topological polar surface area (TPSA) is 124 Å². The third kappa shape index (κ3) is 12.2. The van der Waals surface area contributed by atoms with Crippen LogP contribution in [0.5, 0.6) is 23.0 Å². The lowest BCUT2D eigenvalue weighted by molar-refractivity contribution is -0.146. The third-order valence-corrected chi connectivity index (χ3v) is 6.76. The molecule has 4 aromatic rings. The number of carbonyl (C=O) groups is 4. The van der Waals surface area contributed by atoms with Crippen LogP contribution in [-0.2, 0) is 23.9 Å². The minimum atomic E-state index is -0.755. The molecule has 0 N–H and O–H groups in total. The maximum absolute atomic E-state index is 13.2. The summed E-state index contributed by atoms with van der Waals surface area (Å²) in [6.45, 7) is 14.7. The minimum absolute atomic E-state index is 0.00396. The van der Waals surface area contributed by atoms with Crippen molar-refractivity contribution in [2.24, 2.45) is 0 Å². The van der Waals surface area contributed by atoms with Gasteiger partial charge in [-0.25, -0.2) is 19.2 Å². The highest BCUT2D eigenvalue weighted by molar-refractivity contribution is 5.96. The standard InChI is InChI=1S/C43H34O10/c1-28(2)40(44)50-26-48-35-18-11-31(12-19-35)7-8-32-15-22-37(23-16-32)52-43(47)38-24-17-34(25-39(38)53-42(46)30(5)6)10-9-33-13-20-36(21-14-33)49-27-51-41(45)29(3)4/h11-25H,1,3,5,26-27H2,2,4,6H3. The maximum atomic E-state index is 13.2. The van der Waals surface area contributed by atoms with Gasteiger partial charge in [0.15, 0.2) is 0 Å². The molecule has 0 aliphatic rings. The van der Waals surface area contributed by atoms with Crippen molar-refractivity contribution in [2.45, 2.75) is 20.8 Å². The van der Waals surface area contributed by atoms with Gasteiger partial charge in [0.2, 0.25) is 13.6 Å². The zero-order chi connectivity index (χ0) is 38.3. The second-order valence-corrected chi connectivity index (χ2v) is 11.3. The predicted molar refractivity (Wildman–Crippen MR) is 196 cm³/mol. The molecule has 0 spiro atoms. The Hall–Kier alpha value is -7.30. The summed E-state index contributed by atoms with van der Waals surface area (Å²) in [5, 5.41) is 0. The normalized spacial score (nSPS) is 9.79. The minimum Gasteiger partial charge on any atom is -0.457 e. The summed E-state index contributed by atoms with van der Waals surface area (Å²) in [6.07, 6.45) is 0. The van der Waals surface area contributed by atoms with Gasteiger partial charge in [-0.15, -0.1) is 0 Å². The summed E-state index contributed by atoms with van der Waals surface area (Å²) in [7, 11) is 0. The number of rotatable bonds is 12. The van der Waals surface area contributed by atoms with Crippen LogP contribution in [0.25, 0.3) is 0 Å². The molecule has 0 aliphatic carbocycles. The highest BCUT2D eigenvalue weighted by Gasteiger charge is 2.19. The first-order chi connectivity index (χ1) is 25.4. The smallest absolute Gasteiger partial charge is 0.347 e. The molecule has 4 rings (SSSR count). The molecule has 10 heteroatoms. The van der Waals surface area contributed by atoms with E-state index >= 15 is 0 Å². The SMILES string of the molecule is C=C(C)C(=O)OCOc1ccc(C#Cc2ccc(OC(=O)c3ccc(C#Cc4ccc(OCOC(=O)C(=C)C)cc4)cc3OC(=O)C(=C)C)cc2)cc1. The van der Waals surface area contributed by atoms with Crippen molar-refractivity contribution >= 4 is 23.9 Å². The van der Waals surface area contributed by atoms with E-state index in [0.29, 0.717) is 28.2 Å². The third-order valence-electron chi connectivity index (χ3n) is 6.76. The van der Waals surface area contributed by atoms with Crippen molar-refractivity contribution in [1.29, 1.82) is 0 Å². The van der Waals surface area contributed by atoms with Gasteiger partial charge in [-0.3, -0.25) is 0 Å². The highest BCUT2D eigenvalue weighted by atomic mass is 16.7. The van der Waals surface area contributed by atoms with Crippen LogP contribution >= 0.6 is 0 Å². The summed E-state index contributed by atoms with van der Waals surface area (Å²) in [4.78, 5) is 48.6. The molecule has 0 saturated heterocycles. The van der Waals surface area contributed by atoms with Crippen molar-refractivity contribution in [3.8, 4) is 46.7 Å². The molecular weight excluding hydrogens is 676 g/mol. The number of benzene rings is 4. The van der Waals surface area contributed by atoms with Gasteiger partial charge in [0.1, 0.15) is 28.6 Å². The van der Waals surface area contributed by atoms with Gasteiger partial charge < -0.3 is 28.4 Å². The number of esters is 4. The molecule has 0 aliphatic heterocycles. The van der Waals surface area contributed by atoms with E-state index in [2.05, 4.69) is 43.4 Å². The number of ether oxygens (including phenoxy) is 6. The molecule has 53 heavy (non-hydrogen) atoms. The number of hydrogen-bond acceptors (Lipinski definition) is 10. The molecule has 0 aromatic heterocycles. The fourth-order valence-corrected chi connectivity index (χ4v) is 3.91. The Morgan fingerprint density at radius 2 is 0.868 bits per heavy atom. The maximum Gasteiger partial charge on any atom is 0.347 e. The van der Waals surface area contributed by atoms with Crippen molar-refractivity contribution in [3.63, 3.8) is 0 Å². The Labute approximate surface area is 307 Å². The van der Waals surface area contributed by atoms with Gasteiger partial charge in [-0.1, -0.05) is 43.4 Å². The van der Waals surface area contributed by atoms with Crippen LogP contribution in [0.1, 0.15) is 53.4 Å². The summed E-state index contributed by atoms with van der Waals surface area (Å²) in [5.74, 6) is 10.7. The van der Waals surface area contributed by atoms with Gasteiger partial charge in [0.25, 0.3) is 0 Å². The van der Waals surface area contributed by atoms with Crippen LogP contribution in [0.2, 0.25) is 0 Å². The Morgan fingerprint density at radius 1 is 0.491 bits per heavy atom. The lowest BCUT2D eigenvalue weighted by Crippen LogP contribution is -2.15. The quantitative estimate of drug-likeness (QED) is 0.0495. The number of hydrogen-bond donors (Lipinski definition) is 0. The molecule has 0 heterocycles. The van der Waals surface area contributed by atoms with Crippen molar-refractivity contribution in [1.82, 2.24) is 0 Å². The van der Waals surface area contributed by atoms with Gasteiger partial charge >= 0.3 is 23.9 Å². The van der Waals surface area contributed by atoms with Crippen LogP contribution in [0.4, 0.5) is 0 Å². The fraction of sp³-hybridized carbons (Fsp3) is 0.116. The van der Waals surface area contributed by atoms with Gasteiger partial charge in [0, 0.05) is 39.0 Å². The van der Waals surface area contributed by atoms with Gasteiger partial charge in [-0.05, 0) is 112 Å². The largest absolute Gasteiger partial charge is 0.457 e. The van der Waals surface area contributed by atoms with Crippen molar-refractivity contribution in [2.75, 3.05) is 13.6 Å². The molecule has 0 amide bonds. The first-order valence-corrected chi connectivity index (χ1v) is 15.9.